The summed E-state index contributed by atoms with van der Waals surface area (Å²) in [6.45, 7) is 0.646. The van der Waals surface area contributed by atoms with E-state index in [-0.39, 0.29) is 22.2 Å². The Morgan fingerprint density at radius 3 is 2.49 bits per heavy atom. The first-order valence-electron chi connectivity index (χ1n) is 10.8. The highest BCUT2D eigenvalue weighted by molar-refractivity contribution is 6.37. The van der Waals surface area contributed by atoms with Gasteiger partial charge in [0, 0.05) is 28.7 Å². The molecular formula is C27H20Cl3N3O2. The highest BCUT2D eigenvalue weighted by Crippen LogP contribution is 2.35. The fourth-order valence-electron chi connectivity index (χ4n) is 3.60. The summed E-state index contributed by atoms with van der Waals surface area (Å²) in [5, 5.41) is 14.6. The Morgan fingerprint density at radius 2 is 1.77 bits per heavy atom. The van der Waals surface area contributed by atoms with E-state index in [1.165, 1.54) is 6.08 Å². The molecule has 0 saturated carbocycles. The molecule has 0 fully saturated rings. The summed E-state index contributed by atoms with van der Waals surface area (Å²) < 4.78 is 5.77. The van der Waals surface area contributed by atoms with E-state index >= 15 is 0 Å². The van der Waals surface area contributed by atoms with Gasteiger partial charge in [-0.1, -0.05) is 65.1 Å². The number of para-hydroxylation sites is 1. The van der Waals surface area contributed by atoms with Crippen LogP contribution in [0, 0.1) is 11.3 Å². The fraction of sp³-hybridized carbons (Fsp3) is 0.111. The maximum Gasteiger partial charge on any atom is 0.261 e. The lowest BCUT2D eigenvalue weighted by Gasteiger charge is -2.11. The molecule has 35 heavy (non-hydrogen) atoms. The number of carbonyl (C=O) groups excluding carboxylic acids is 1. The fourth-order valence-corrected chi connectivity index (χ4v) is 4.34. The number of amides is 1. The number of hydrogen-bond donors (Lipinski definition) is 2. The summed E-state index contributed by atoms with van der Waals surface area (Å²) in [6, 6.07) is 20.3. The summed E-state index contributed by atoms with van der Waals surface area (Å²) in [7, 11) is 0. The first-order chi connectivity index (χ1) is 16.9. The minimum Gasteiger partial charge on any atom is -0.486 e. The number of H-pyrrole nitrogens is 1. The molecule has 4 aromatic rings. The van der Waals surface area contributed by atoms with Gasteiger partial charge < -0.3 is 15.0 Å². The second kappa shape index (κ2) is 11.3. The Kier molecular flexibility index (Phi) is 7.99. The molecule has 0 spiro atoms. The molecule has 3 aromatic carbocycles. The number of aromatic amines is 1. The number of rotatable bonds is 8. The molecule has 0 bridgehead atoms. The van der Waals surface area contributed by atoms with Crippen molar-refractivity contribution in [3.63, 3.8) is 0 Å². The van der Waals surface area contributed by atoms with Crippen LogP contribution in [0.15, 0.2) is 72.4 Å². The zero-order valence-corrected chi connectivity index (χ0v) is 20.7. The van der Waals surface area contributed by atoms with Crippen LogP contribution in [-0.2, 0) is 17.8 Å². The molecule has 2 N–H and O–H groups in total. The van der Waals surface area contributed by atoms with Gasteiger partial charge in [0.05, 0.1) is 10.0 Å². The molecule has 176 valence electrons. The van der Waals surface area contributed by atoms with Crippen LogP contribution in [0.5, 0.6) is 5.75 Å². The molecule has 8 heteroatoms. The van der Waals surface area contributed by atoms with Gasteiger partial charge in [0.2, 0.25) is 0 Å². The number of aromatic nitrogens is 1. The molecule has 1 heterocycles. The second-order valence-electron chi connectivity index (χ2n) is 7.76. The predicted octanol–water partition coefficient (Wildman–Crippen LogP) is 6.97. The molecule has 0 unspecified atom stereocenters. The first kappa shape index (κ1) is 24.7. The van der Waals surface area contributed by atoms with Crippen molar-refractivity contribution in [3.8, 4) is 11.8 Å². The molecule has 0 aliphatic rings. The third kappa shape index (κ3) is 6.17. The Hall–Kier alpha value is -3.43. The normalized spacial score (nSPS) is 11.3. The summed E-state index contributed by atoms with van der Waals surface area (Å²) in [5.41, 5.74) is 3.51. The minimum atomic E-state index is -0.470. The zero-order chi connectivity index (χ0) is 24.8. The van der Waals surface area contributed by atoms with Gasteiger partial charge in [0.15, 0.2) is 5.75 Å². The standard InChI is InChI=1S/C27H20Cl3N3O2/c28-21-7-5-17(6-8-21)16-35-26-23(29)12-18(13-24(26)30)11-20(14-31)27(34)32-10-9-19-15-33-25-4-2-1-3-22(19)25/h1-8,11-13,15,33H,9-10,16H2,(H,32,34)/b20-11-. The van der Waals surface area contributed by atoms with Gasteiger partial charge >= 0.3 is 0 Å². The van der Waals surface area contributed by atoms with Gasteiger partial charge in [0.25, 0.3) is 5.91 Å². The van der Waals surface area contributed by atoms with E-state index in [1.54, 1.807) is 24.3 Å². The number of benzene rings is 3. The third-order valence-corrected chi connectivity index (χ3v) is 6.16. The van der Waals surface area contributed by atoms with E-state index in [4.69, 9.17) is 39.5 Å². The number of nitrogens with zero attached hydrogens (tertiary/aromatic N) is 1. The quantitative estimate of drug-likeness (QED) is 0.193. The summed E-state index contributed by atoms with van der Waals surface area (Å²) >= 11 is 18.7. The van der Waals surface area contributed by atoms with Gasteiger partial charge in [-0.25, -0.2) is 0 Å². The molecule has 0 saturated heterocycles. The van der Waals surface area contributed by atoms with Crippen molar-refractivity contribution in [2.24, 2.45) is 0 Å². The third-order valence-electron chi connectivity index (χ3n) is 5.35. The average Bonchev–Trinajstić information content (AvgIpc) is 3.26. The van der Waals surface area contributed by atoms with Crippen LogP contribution in [0.4, 0.5) is 0 Å². The molecule has 0 aliphatic heterocycles. The van der Waals surface area contributed by atoms with Crippen molar-refractivity contribution in [3.05, 3.63) is 104 Å². The van der Waals surface area contributed by atoms with Crippen LogP contribution in [0.3, 0.4) is 0 Å². The SMILES string of the molecule is N#C/C(=C/c1cc(Cl)c(OCc2ccc(Cl)cc2)c(Cl)c1)C(=O)NCCc1c[nH]c2ccccc12. The van der Waals surface area contributed by atoms with Gasteiger partial charge in [-0.2, -0.15) is 5.26 Å². The van der Waals surface area contributed by atoms with Gasteiger partial charge in [-0.15, -0.1) is 0 Å². The number of fused-ring (bicyclic) bond motifs is 1. The van der Waals surface area contributed by atoms with Gasteiger partial charge in [-0.05, 0) is 59.5 Å². The molecule has 0 aliphatic carbocycles. The lowest BCUT2D eigenvalue weighted by atomic mass is 10.1. The van der Waals surface area contributed by atoms with E-state index in [2.05, 4.69) is 10.3 Å². The number of ether oxygens (including phenoxy) is 1. The Bertz CT molecular complexity index is 1410. The van der Waals surface area contributed by atoms with E-state index < -0.39 is 5.91 Å². The molecule has 5 nitrogen and oxygen atoms in total. The number of hydrogen-bond acceptors (Lipinski definition) is 3. The molecule has 1 amide bonds. The molecule has 0 atom stereocenters. The lowest BCUT2D eigenvalue weighted by molar-refractivity contribution is -0.117. The average molecular weight is 525 g/mol. The van der Waals surface area contributed by atoms with E-state index in [1.807, 2.05) is 48.7 Å². The van der Waals surface area contributed by atoms with Crippen molar-refractivity contribution >= 4 is 57.7 Å². The maximum atomic E-state index is 12.6. The maximum absolute atomic E-state index is 12.6. The van der Waals surface area contributed by atoms with Gasteiger partial charge in [-0.3, -0.25) is 4.79 Å². The molecule has 1 aromatic heterocycles. The van der Waals surface area contributed by atoms with E-state index in [9.17, 15) is 10.1 Å². The lowest BCUT2D eigenvalue weighted by Crippen LogP contribution is -2.26. The number of nitriles is 1. The molecule has 0 radical (unpaired) electrons. The van der Waals surface area contributed by atoms with Gasteiger partial charge in [0.1, 0.15) is 18.2 Å². The highest BCUT2D eigenvalue weighted by Gasteiger charge is 2.13. The second-order valence-corrected chi connectivity index (χ2v) is 9.01. The van der Waals surface area contributed by atoms with E-state index in [0.29, 0.717) is 29.3 Å². The topological polar surface area (TPSA) is 77.9 Å². The van der Waals surface area contributed by atoms with Crippen LogP contribution in [0.1, 0.15) is 16.7 Å². The van der Waals surface area contributed by atoms with Crippen LogP contribution in [0.25, 0.3) is 17.0 Å². The van der Waals surface area contributed by atoms with Crippen molar-refractivity contribution in [2.45, 2.75) is 13.0 Å². The molecule has 4 rings (SSSR count). The first-order valence-corrected chi connectivity index (χ1v) is 11.9. The van der Waals surface area contributed by atoms with Crippen LogP contribution >= 0.6 is 34.8 Å². The Morgan fingerprint density at radius 1 is 1.06 bits per heavy atom. The monoisotopic (exact) mass is 523 g/mol. The van der Waals surface area contributed by atoms with Crippen molar-refractivity contribution in [1.82, 2.24) is 10.3 Å². The van der Waals surface area contributed by atoms with Crippen molar-refractivity contribution in [2.75, 3.05) is 6.54 Å². The largest absolute Gasteiger partial charge is 0.486 e. The van der Waals surface area contributed by atoms with Crippen LogP contribution in [0.2, 0.25) is 15.1 Å². The Balaban J connectivity index is 1.40. The van der Waals surface area contributed by atoms with Crippen molar-refractivity contribution < 1.29 is 9.53 Å². The Labute approximate surface area is 217 Å². The zero-order valence-electron chi connectivity index (χ0n) is 18.4. The minimum absolute atomic E-state index is 0.0501. The summed E-state index contributed by atoms with van der Waals surface area (Å²) in [6.07, 6.45) is 4.01. The van der Waals surface area contributed by atoms with E-state index in [0.717, 1.165) is 22.0 Å². The highest BCUT2D eigenvalue weighted by atomic mass is 35.5. The number of carbonyl (C=O) groups is 1. The van der Waals surface area contributed by atoms with Crippen molar-refractivity contribution in [1.29, 1.82) is 5.26 Å². The predicted molar refractivity (Wildman–Crippen MR) is 141 cm³/mol. The smallest absolute Gasteiger partial charge is 0.261 e. The number of nitrogens with one attached hydrogen (secondary N) is 2. The summed E-state index contributed by atoms with van der Waals surface area (Å²) in [4.78, 5) is 15.8. The van der Waals surface area contributed by atoms with Crippen LogP contribution in [-0.4, -0.2) is 17.4 Å². The van der Waals surface area contributed by atoms with Crippen LogP contribution < -0.4 is 10.1 Å². The number of halogens is 3. The molecular weight excluding hydrogens is 505 g/mol. The summed E-state index contributed by atoms with van der Waals surface area (Å²) in [5.74, 6) is -0.148.